The van der Waals surface area contributed by atoms with Crippen molar-refractivity contribution >= 4 is 28.2 Å². The molecular weight excluding hydrogens is 488 g/mol. The molecule has 0 aliphatic rings. The van der Waals surface area contributed by atoms with Crippen LogP contribution in [-0.4, -0.2) is 4.98 Å². The van der Waals surface area contributed by atoms with Crippen molar-refractivity contribution in [1.29, 1.82) is 0 Å². The molecule has 190 valence electrons. The van der Waals surface area contributed by atoms with Gasteiger partial charge in [-0.2, -0.15) is 0 Å². The maximum Gasteiger partial charge on any atom is 0.227 e. The molecule has 3 nitrogen and oxygen atoms in total. The van der Waals surface area contributed by atoms with Gasteiger partial charge in [0.15, 0.2) is 5.58 Å². The fraction of sp³-hybridized carbons (Fsp3) is 0. The first kappa shape index (κ1) is 23.7. The van der Waals surface area contributed by atoms with Crippen molar-refractivity contribution in [3.63, 3.8) is 0 Å². The average Bonchev–Trinajstić information content (AvgIpc) is 3.48. The maximum atomic E-state index is 6.28. The number of rotatable bonds is 6. The quantitative estimate of drug-likeness (QED) is 0.221. The van der Waals surface area contributed by atoms with Crippen LogP contribution in [0.2, 0.25) is 0 Å². The van der Waals surface area contributed by atoms with Crippen LogP contribution in [-0.2, 0) is 0 Å². The van der Waals surface area contributed by atoms with Gasteiger partial charge >= 0.3 is 0 Å². The van der Waals surface area contributed by atoms with Crippen LogP contribution in [0.25, 0.3) is 44.8 Å². The number of fused-ring (bicyclic) bond motifs is 1. The van der Waals surface area contributed by atoms with Crippen LogP contribution < -0.4 is 4.90 Å². The molecule has 3 heteroatoms. The fourth-order valence-corrected chi connectivity index (χ4v) is 5.13. The van der Waals surface area contributed by atoms with Crippen LogP contribution >= 0.6 is 0 Å². The number of oxazole rings is 1. The third kappa shape index (κ3) is 4.55. The number of anilines is 3. The molecule has 0 bridgehead atoms. The first-order chi connectivity index (χ1) is 19.8. The van der Waals surface area contributed by atoms with E-state index in [9.17, 15) is 0 Å². The summed E-state index contributed by atoms with van der Waals surface area (Å²) in [6, 6.07) is 54.5. The molecule has 1 heterocycles. The number of hydrogen-bond donors (Lipinski definition) is 0. The van der Waals surface area contributed by atoms with Gasteiger partial charge in [0.2, 0.25) is 5.89 Å². The number of aromatic nitrogens is 1. The largest absolute Gasteiger partial charge is 0.435 e. The second-order valence-electron chi connectivity index (χ2n) is 9.67. The Labute approximate surface area is 233 Å². The lowest BCUT2D eigenvalue weighted by atomic mass is 10.0. The first-order valence-electron chi connectivity index (χ1n) is 13.4. The van der Waals surface area contributed by atoms with Crippen LogP contribution in [0.15, 0.2) is 162 Å². The lowest BCUT2D eigenvalue weighted by Crippen LogP contribution is -2.09. The number of nitrogens with zero attached hydrogens (tertiary/aromatic N) is 2. The number of hydrogen-bond acceptors (Lipinski definition) is 3. The van der Waals surface area contributed by atoms with E-state index in [2.05, 4.69) is 108 Å². The normalized spacial score (nSPS) is 11.0. The average molecular weight is 515 g/mol. The summed E-state index contributed by atoms with van der Waals surface area (Å²) in [5.74, 6) is 0.633. The highest BCUT2D eigenvalue weighted by atomic mass is 16.3. The summed E-state index contributed by atoms with van der Waals surface area (Å²) in [5, 5.41) is 0. The molecule has 0 fully saturated rings. The molecule has 0 atom stereocenters. The summed E-state index contributed by atoms with van der Waals surface area (Å²) in [7, 11) is 0. The van der Waals surface area contributed by atoms with Gasteiger partial charge in [0.05, 0.1) is 0 Å². The Morgan fingerprint density at radius 1 is 0.400 bits per heavy atom. The highest BCUT2D eigenvalue weighted by Gasteiger charge is 2.15. The van der Waals surface area contributed by atoms with Crippen molar-refractivity contribution in [2.45, 2.75) is 0 Å². The van der Waals surface area contributed by atoms with E-state index >= 15 is 0 Å². The van der Waals surface area contributed by atoms with Crippen molar-refractivity contribution in [1.82, 2.24) is 4.98 Å². The van der Waals surface area contributed by atoms with E-state index in [0.717, 1.165) is 44.9 Å². The summed E-state index contributed by atoms with van der Waals surface area (Å²) in [4.78, 5) is 7.03. The van der Waals surface area contributed by atoms with Crippen LogP contribution in [0.5, 0.6) is 0 Å². The number of para-hydroxylation sites is 2. The van der Waals surface area contributed by atoms with E-state index in [4.69, 9.17) is 9.40 Å². The predicted octanol–water partition coefficient (Wildman–Crippen LogP) is 10.3. The van der Waals surface area contributed by atoms with Crippen molar-refractivity contribution in [3.8, 4) is 33.7 Å². The molecule has 0 radical (unpaired) electrons. The molecule has 1 aromatic heterocycles. The Kier molecular flexibility index (Phi) is 6.15. The minimum absolute atomic E-state index is 0.633. The monoisotopic (exact) mass is 514 g/mol. The minimum Gasteiger partial charge on any atom is -0.435 e. The molecule has 0 amide bonds. The lowest BCUT2D eigenvalue weighted by Gasteiger charge is -2.26. The van der Waals surface area contributed by atoms with Gasteiger partial charge in [-0.25, -0.2) is 4.98 Å². The standard InChI is InChI=1S/C37H26N2O/c1-4-11-27(12-5-1)28-19-23-32(24-20-28)39(31-15-8-3-9-16-31)33-25-21-29(22-26-33)34-17-10-18-35-36(34)40-37(38-35)30-13-6-2-7-14-30/h1-26H. The molecule has 40 heavy (non-hydrogen) atoms. The molecule has 0 unspecified atom stereocenters. The molecule has 7 rings (SSSR count). The summed E-state index contributed by atoms with van der Waals surface area (Å²) in [6.07, 6.45) is 0. The van der Waals surface area contributed by atoms with E-state index in [-0.39, 0.29) is 0 Å². The molecule has 0 spiro atoms. The lowest BCUT2D eigenvalue weighted by molar-refractivity contribution is 0.621. The van der Waals surface area contributed by atoms with E-state index in [1.165, 1.54) is 11.1 Å². The Hall–Kier alpha value is -5.41. The van der Waals surface area contributed by atoms with Crippen molar-refractivity contribution < 1.29 is 4.42 Å². The topological polar surface area (TPSA) is 29.3 Å². The highest BCUT2D eigenvalue weighted by molar-refractivity contribution is 5.92. The van der Waals surface area contributed by atoms with Gasteiger partial charge in [-0.1, -0.05) is 103 Å². The van der Waals surface area contributed by atoms with E-state index in [0.29, 0.717) is 5.89 Å². The van der Waals surface area contributed by atoms with E-state index in [1.54, 1.807) is 0 Å². The van der Waals surface area contributed by atoms with Crippen LogP contribution in [0.3, 0.4) is 0 Å². The summed E-state index contributed by atoms with van der Waals surface area (Å²) < 4.78 is 6.28. The zero-order chi connectivity index (χ0) is 26.7. The third-order valence-corrected chi connectivity index (χ3v) is 7.12. The molecule has 0 aliphatic heterocycles. The zero-order valence-electron chi connectivity index (χ0n) is 21.8. The van der Waals surface area contributed by atoms with Crippen LogP contribution in [0.1, 0.15) is 0 Å². The van der Waals surface area contributed by atoms with E-state index in [1.807, 2.05) is 54.6 Å². The van der Waals surface area contributed by atoms with Gasteiger partial charge in [0, 0.05) is 28.2 Å². The SMILES string of the molecule is c1ccc(-c2ccc(N(c3ccccc3)c3ccc(-c4cccc5nc(-c6ccccc6)oc45)cc3)cc2)cc1. The second-order valence-corrected chi connectivity index (χ2v) is 9.67. The molecule has 0 saturated heterocycles. The predicted molar refractivity (Wildman–Crippen MR) is 165 cm³/mol. The van der Waals surface area contributed by atoms with Gasteiger partial charge in [0.25, 0.3) is 0 Å². The van der Waals surface area contributed by atoms with Gasteiger partial charge in [-0.05, 0) is 71.3 Å². The second kappa shape index (κ2) is 10.4. The van der Waals surface area contributed by atoms with Crippen molar-refractivity contribution in [2.75, 3.05) is 4.90 Å². The molecular formula is C37H26N2O. The molecule has 7 aromatic rings. The summed E-state index contributed by atoms with van der Waals surface area (Å²) in [5.41, 5.74) is 10.4. The number of benzene rings is 6. The van der Waals surface area contributed by atoms with Crippen molar-refractivity contribution in [3.05, 3.63) is 158 Å². The van der Waals surface area contributed by atoms with Crippen LogP contribution in [0.4, 0.5) is 17.1 Å². The Balaban J connectivity index is 1.25. The zero-order valence-corrected chi connectivity index (χ0v) is 21.8. The molecule has 0 N–H and O–H groups in total. The molecule has 0 aliphatic carbocycles. The smallest absolute Gasteiger partial charge is 0.227 e. The molecule has 0 saturated carbocycles. The Morgan fingerprint density at radius 3 is 1.52 bits per heavy atom. The third-order valence-electron chi connectivity index (χ3n) is 7.12. The van der Waals surface area contributed by atoms with Gasteiger partial charge in [0.1, 0.15) is 5.52 Å². The Morgan fingerprint density at radius 2 is 0.900 bits per heavy atom. The van der Waals surface area contributed by atoms with Crippen LogP contribution in [0, 0.1) is 0 Å². The summed E-state index contributed by atoms with van der Waals surface area (Å²) in [6.45, 7) is 0. The highest BCUT2D eigenvalue weighted by Crippen LogP contribution is 2.38. The van der Waals surface area contributed by atoms with Gasteiger partial charge in [-0.15, -0.1) is 0 Å². The fourth-order valence-electron chi connectivity index (χ4n) is 5.13. The summed E-state index contributed by atoms with van der Waals surface area (Å²) >= 11 is 0. The van der Waals surface area contributed by atoms with Gasteiger partial charge < -0.3 is 9.32 Å². The first-order valence-corrected chi connectivity index (χ1v) is 13.4. The molecule has 6 aromatic carbocycles. The van der Waals surface area contributed by atoms with E-state index < -0.39 is 0 Å². The van der Waals surface area contributed by atoms with Gasteiger partial charge in [-0.3, -0.25) is 0 Å². The minimum atomic E-state index is 0.633. The maximum absolute atomic E-state index is 6.28. The Bertz CT molecular complexity index is 1860. The van der Waals surface area contributed by atoms with Crippen molar-refractivity contribution in [2.24, 2.45) is 0 Å².